The van der Waals surface area contributed by atoms with E-state index in [1.54, 1.807) is 55.6 Å². The normalized spacial score (nSPS) is 11.4. The van der Waals surface area contributed by atoms with E-state index in [1.807, 2.05) is 6.07 Å². The molecule has 1 amide bonds. The predicted octanol–water partition coefficient (Wildman–Crippen LogP) is 0.551. The fourth-order valence-corrected chi connectivity index (χ4v) is 2.10. The van der Waals surface area contributed by atoms with E-state index in [0.717, 1.165) is 5.56 Å². The van der Waals surface area contributed by atoms with Crippen LogP contribution in [0, 0.1) is 0 Å². The summed E-state index contributed by atoms with van der Waals surface area (Å²) in [5, 5.41) is 13.6. The van der Waals surface area contributed by atoms with Crippen molar-refractivity contribution >= 4 is 11.9 Å². The lowest BCUT2D eigenvalue weighted by atomic mass is 10.1. The van der Waals surface area contributed by atoms with Gasteiger partial charge in [-0.2, -0.15) is 0 Å². The highest BCUT2D eigenvalue weighted by Gasteiger charge is 2.14. The van der Waals surface area contributed by atoms with Crippen molar-refractivity contribution in [2.45, 2.75) is 12.5 Å². The van der Waals surface area contributed by atoms with Gasteiger partial charge in [0.15, 0.2) is 6.61 Å². The number of hydrogen-bond donors (Lipinski definition) is 1. The smallest absolute Gasteiger partial charge is 0.258 e. The lowest BCUT2D eigenvalue weighted by Gasteiger charge is -2.20. The van der Waals surface area contributed by atoms with Gasteiger partial charge in [-0.25, -0.2) is 0 Å². The van der Waals surface area contributed by atoms with Gasteiger partial charge in [-0.05, 0) is 36.2 Å². The number of hydrogen-bond acceptors (Lipinski definition) is 5. The van der Waals surface area contributed by atoms with Crippen LogP contribution in [-0.2, 0) is 16.0 Å². The summed E-state index contributed by atoms with van der Waals surface area (Å²) >= 11 is 0. The molecule has 0 heterocycles. The molecule has 0 aliphatic rings. The second-order valence-electron chi connectivity index (χ2n) is 5.09. The van der Waals surface area contributed by atoms with Crippen molar-refractivity contribution in [3.05, 3.63) is 60.2 Å². The van der Waals surface area contributed by atoms with Crippen LogP contribution in [0.5, 0.6) is 11.5 Å². The van der Waals surface area contributed by atoms with E-state index in [9.17, 15) is 14.7 Å². The molecule has 1 atom stereocenters. The number of carboxylic acid groups (broad SMARTS) is 1. The molecule has 0 saturated carbocycles. The summed E-state index contributed by atoms with van der Waals surface area (Å²) in [6, 6.07) is 14.6. The number of nitrogens with one attached hydrogen (secondary N) is 1. The van der Waals surface area contributed by atoms with Crippen LogP contribution in [0.25, 0.3) is 0 Å². The lowest BCUT2D eigenvalue weighted by Crippen LogP contribution is -2.50. The molecule has 2 rings (SSSR count). The molecule has 126 valence electrons. The zero-order chi connectivity index (χ0) is 17.4. The van der Waals surface area contributed by atoms with Crippen molar-refractivity contribution in [3.63, 3.8) is 0 Å². The van der Waals surface area contributed by atoms with Crippen LogP contribution < -0.4 is 19.9 Å². The largest absolute Gasteiger partial charge is 0.548 e. The fourth-order valence-electron chi connectivity index (χ4n) is 2.10. The second kappa shape index (κ2) is 8.57. The van der Waals surface area contributed by atoms with Gasteiger partial charge >= 0.3 is 0 Å². The van der Waals surface area contributed by atoms with Gasteiger partial charge in [0, 0.05) is 0 Å². The molecule has 0 aromatic heterocycles. The fraction of sp³-hybridized carbons (Fsp3) is 0.222. The number of rotatable bonds is 8. The molecule has 24 heavy (non-hydrogen) atoms. The van der Waals surface area contributed by atoms with Crippen molar-refractivity contribution in [1.29, 1.82) is 0 Å². The average molecular weight is 328 g/mol. The van der Waals surface area contributed by atoms with E-state index >= 15 is 0 Å². The predicted molar refractivity (Wildman–Crippen MR) is 85.6 cm³/mol. The topological polar surface area (TPSA) is 87.7 Å². The van der Waals surface area contributed by atoms with E-state index < -0.39 is 17.9 Å². The molecule has 6 heteroatoms. The van der Waals surface area contributed by atoms with Crippen LogP contribution >= 0.6 is 0 Å². The zero-order valence-electron chi connectivity index (χ0n) is 13.2. The van der Waals surface area contributed by atoms with Gasteiger partial charge in [-0.3, -0.25) is 4.79 Å². The van der Waals surface area contributed by atoms with Gasteiger partial charge in [-0.1, -0.05) is 30.3 Å². The molecule has 0 fully saturated rings. The van der Waals surface area contributed by atoms with Crippen LogP contribution in [-0.4, -0.2) is 31.6 Å². The van der Waals surface area contributed by atoms with Gasteiger partial charge in [0.1, 0.15) is 11.5 Å². The molecule has 0 spiro atoms. The molecule has 0 bridgehead atoms. The SMILES string of the molecule is COc1ccc(OCC(=O)N[C@@H](Cc2ccccc2)C(=O)[O-])cc1. The van der Waals surface area contributed by atoms with Gasteiger partial charge in [-0.15, -0.1) is 0 Å². The Bertz CT molecular complexity index is 670. The van der Waals surface area contributed by atoms with Crippen LogP contribution in [0.2, 0.25) is 0 Å². The highest BCUT2D eigenvalue weighted by atomic mass is 16.5. The van der Waals surface area contributed by atoms with Gasteiger partial charge in [0.2, 0.25) is 0 Å². The van der Waals surface area contributed by atoms with Crippen LogP contribution in [0.1, 0.15) is 5.56 Å². The maximum Gasteiger partial charge on any atom is 0.258 e. The summed E-state index contributed by atoms with van der Waals surface area (Å²) in [5.41, 5.74) is 0.795. The third-order valence-corrected chi connectivity index (χ3v) is 3.33. The van der Waals surface area contributed by atoms with E-state index in [1.165, 1.54) is 0 Å². The first kappa shape index (κ1) is 17.3. The summed E-state index contributed by atoms with van der Waals surface area (Å²) in [7, 11) is 1.55. The van der Waals surface area contributed by atoms with Crippen LogP contribution in [0.15, 0.2) is 54.6 Å². The molecule has 2 aromatic carbocycles. The number of methoxy groups -OCH3 is 1. The van der Waals surface area contributed by atoms with E-state index in [-0.39, 0.29) is 13.0 Å². The van der Waals surface area contributed by atoms with E-state index in [0.29, 0.717) is 11.5 Å². The summed E-state index contributed by atoms with van der Waals surface area (Å²) < 4.78 is 10.3. The maximum atomic E-state index is 11.9. The highest BCUT2D eigenvalue weighted by Crippen LogP contribution is 2.16. The van der Waals surface area contributed by atoms with Crippen LogP contribution in [0.4, 0.5) is 0 Å². The Balaban J connectivity index is 1.87. The van der Waals surface area contributed by atoms with Gasteiger partial charge in [0.05, 0.1) is 19.1 Å². The molecule has 0 aliphatic carbocycles. The molecule has 6 nitrogen and oxygen atoms in total. The summed E-state index contributed by atoms with van der Waals surface area (Å²) in [6.07, 6.45) is 0.150. The van der Waals surface area contributed by atoms with Crippen LogP contribution in [0.3, 0.4) is 0 Å². The van der Waals surface area contributed by atoms with Crippen molar-refractivity contribution in [2.24, 2.45) is 0 Å². The first-order valence-corrected chi connectivity index (χ1v) is 7.39. The maximum absolute atomic E-state index is 11.9. The van der Waals surface area contributed by atoms with Gasteiger partial charge < -0.3 is 24.7 Å². The Morgan fingerprint density at radius 2 is 1.67 bits per heavy atom. The third-order valence-electron chi connectivity index (χ3n) is 3.33. The van der Waals surface area contributed by atoms with Crippen molar-refractivity contribution < 1.29 is 24.2 Å². The van der Waals surface area contributed by atoms with Gasteiger partial charge in [0.25, 0.3) is 5.91 Å². The Kier molecular flexibility index (Phi) is 6.19. The summed E-state index contributed by atoms with van der Waals surface area (Å²) in [4.78, 5) is 23.1. The first-order chi connectivity index (χ1) is 11.6. The first-order valence-electron chi connectivity index (χ1n) is 7.39. The van der Waals surface area contributed by atoms with E-state index in [2.05, 4.69) is 5.32 Å². The highest BCUT2D eigenvalue weighted by molar-refractivity contribution is 5.83. The number of benzene rings is 2. The minimum atomic E-state index is -1.34. The molecule has 0 aliphatic heterocycles. The lowest BCUT2D eigenvalue weighted by molar-refractivity contribution is -0.308. The number of ether oxygens (including phenoxy) is 2. The minimum absolute atomic E-state index is 0.150. The monoisotopic (exact) mass is 328 g/mol. The molecule has 2 aromatic rings. The Hall–Kier alpha value is -3.02. The van der Waals surface area contributed by atoms with Crippen molar-refractivity contribution in [1.82, 2.24) is 5.32 Å². The quantitative estimate of drug-likeness (QED) is 0.765. The average Bonchev–Trinajstić information content (AvgIpc) is 2.60. The number of carboxylic acids is 1. The van der Waals surface area contributed by atoms with Crippen molar-refractivity contribution in [3.8, 4) is 11.5 Å². The summed E-state index contributed by atoms with van der Waals surface area (Å²) in [6.45, 7) is -0.287. The minimum Gasteiger partial charge on any atom is -0.548 e. The Labute approximate surface area is 140 Å². The Morgan fingerprint density at radius 1 is 1.04 bits per heavy atom. The number of amides is 1. The Morgan fingerprint density at radius 3 is 2.25 bits per heavy atom. The molecular formula is C18H18NO5-. The summed E-state index contributed by atoms with van der Waals surface area (Å²) in [5.74, 6) is -0.710. The standard InChI is InChI=1S/C18H19NO5/c1-23-14-7-9-15(10-8-14)24-12-17(20)19-16(18(21)22)11-13-5-3-2-4-6-13/h2-10,16H,11-12H2,1H3,(H,19,20)(H,21,22)/p-1/t16-/m0/s1. The molecule has 0 saturated heterocycles. The second-order valence-corrected chi connectivity index (χ2v) is 5.09. The molecular weight excluding hydrogens is 310 g/mol. The third kappa shape index (κ3) is 5.31. The number of carbonyl (C=O) groups is 2. The van der Waals surface area contributed by atoms with E-state index in [4.69, 9.17) is 9.47 Å². The molecule has 0 unspecified atom stereocenters. The van der Waals surface area contributed by atoms with Crippen molar-refractivity contribution in [2.75, 3.05) is 13.7 Å². The zero-order valence-corrected chi connectivity index (χ0v) is 13.2. The number of aliphatic carboxylic acids is 1. The molecule has 1 N–H and O–H groups in total. The number of carbonyl (C=O) groups excluding carboxylic acids is 2. The molecule has 0 radical (unpaired) electrons.